The molecule has 0 aliphatic carbocycles. The Morgan fingerprint density at radius 1 is 1.10 bits per heavy atom. The lowest BCUT2D eigenvalue weighted by molar-refractivity contribution is 0.0951. The minimum atomic E-state index is -0.544. The van der Waals surface area contributed by atoms with Gasteiger partial charge in [0.2, 0.25) is 0 Å². The van der Waals surface area contributed by atoms with Crippen molar-refractivity contribution in [3.05, 3.63) is 53.8 Å². The molecule has 2 aromatic carbocycles. The maximum absolute atomic E-state index is 13.6. The molecule has 3 N–H and O–H groups in total. The number of nitrogens with one attached hydrogen (secondary N) is 3. The van der Waals surface area contributed by atoms with Crippen LogP contribution in [0.3, 0.4) is 0 Å². The third-order valence-electron chi connectivity index (χ3n) is 4.14. The highest BCUT2D eigenvalue weighted by Crippen LogP contribution is 2.32. The van der Waals surface area contributed by atoms with Crippen LogP contribution < -0.4 is 25.4 Å². The van der Waals surface area contributed by atoms with E-state index in [1.54, 1.807) is 12.1 Å². The highest BCUT2D eigenvalue weighted by Gasteiger charge is 2.12. The first-order valence-corrected chi connectivity index (χ1v) is 9.65. The molecule has 0 unspecified atom stereocenters. The lowest BCUT2D eigenvalue weighted by Crippen LogP contribution is -2.32. The molecule has 0 spiro atoms. The number of halogens is 2. The predicted octanol–water partition coefficient (Wildman–Crippen LogP) is 3.41. The van der Waals surface area contributed by atoms with Crippen LogP contribution in [-0.4, -0.2) is 44.7 Å². The minimum Gasteiger partial charge on any atom is -0.490 e. The van der Waals surface area contributed by atoms with Gasteiger partial charge in [-0.2, -0.15) is 0 Å². The number of hydrogen-bond donors (Lipinski definition) is 3. The van der Waals surface area contributed by atoms with Crippen LogP contribution in [0.1, 0.15) is 23.7 Å². The van der Waals surface area contributed by atoms with Crippen molar-refractivity contribution >= 4 is 41.5 Å². The Labute approximate surface area is 192 Å². The Morgan fingerprint density at radius 3 is 2.63 bits per heavy atom. The Balaban J connectivity index is 0.00000320. The molecule has 0 fully saturated rings. The molecule has 9 heteroatoms. The number of anilines is 1. The number of amides is 1. The van der Waals surface area contributed by atoms with Gasteiger partial charge in [0.1, 0.15) is 5.82 Å². The van der Waals surface area contributed by atoms with E-state index in [2.05, 4.69) is 20.9 Å². The summed E-state index contributed by atoms with van der Waals surface area (Å²) >= 11 is 0. The van der Waals surface area contributed by atoms with Gasteiger partial charge < -0.3 is 25.4 Å². The molecule has 0 saturated carbocycles. The van der Waals surface area contributed by atoms with E-state index in [1.165, 1.54) is 12.1 Å². The predicted molar refractivity (Wildman–Crippen MR) is 126 cm³/mol. The molecule has 1 aliphatic heterocycles. The number of carbonyl (C=O) groups excluding carboxylic acids is 1. The summed E-state index contributed by atoms with van der Waals surface area (Å²) in [4.78, 5) is 16.5. The van der Waals surface area contributed by atoms with Gasteiger partial charge in [-0.25, -0.2) is 4.39 Å². The van der Waals surface area contributed by atoms with Crippen LogP contribution in [0.15, 0.2) is 47.5 Å². The molecule has 0 aromatic heterocycles. The largest absolute Gasteiger partial charge is 0.490 e. The van der Waals surface area contributed by atoms with Crippen molar-refractivity contribution in [2.75, 3.05) is 38.2 Å². The van der Waals surface area contributed by atoms with Gasteiger partial charge in [-0.1, -0.05) is 12.1 Å². The second-order valence-electron chi connectivity index (χ2n) is 6.33. The molecule has 162 valence electrons. The third-order valence-corrected chi connectivity index (χ3v) is 4.14. The third kappa shape index (κ3) is 6.75. The summed E-state index contributed by atoms with van der Waals surface area (Å²) in [6.07, 6.45) is 0.847. The van der Waals surface area contributed by atoms with Crippen LogP contribution in [0, 0.1) is 5.82 Å². The zero-order chi connectivity index (χ0) is 20.5. The Kier molecular flexibility index (Phi) is 9.65. The van der Waals surface area contributed by atoms with Gasteiger partial charge in [-0.05, 0) is 31.2 Å². The van der Waals surface area contributed by atoms with Crippen molar-refractivity contribution in [1.29, 1.82) is 0 Å². The van der Waals surface area contributed by atoms with Crippen LogP contribution in [-0.2, 0) is 0 Å². The molecule has 7 nitrogen and oxygen atoms in total. The fourth-order valence-corrected chi connectivity index (χ4v) is 2.76. The molecule has 0 bridgehead atoms. The number of hydrogen-bond acceptors (Lipinski definition) is 4. The van der Waals surface area contributed by atoms with Gasteiger partial charge >= 0.3 is 0 Å². The van der Waals surface area contributed by atoms with Crippen LogP contribution in [0.25, 0.3) is 0 Å². The molecule has 1 amide bonds. The molecule has 1 heterocycles. The number of carbonyl (C=O) groups is 1. The quantitative estimate of drug-likeness (QED) is 0.232. The van der Waals surface area contributed by atoms with Gasteiger partial charge in [0, 0.05) is 31.3 Å². The standard InChI is InChI=1S/C21H25FN4O3.HI/c1-2-23-21(25-11-10-24-20(27)16-6-3-4-7-17(16)22)26-15-8-9-18-19(14-15)29-13-5-12-28-18;/h3-4,6-9,14H,2,5,10-13H2,1H3,(H,24,27)(H2,23,25,26);1H. The summed E-state index contributed by atoms with van der Waals surface area (Å²) < 4.78 is 25.0. The Bertz CT molecular complexity index is 879. The summed E-state index contributed by atoms with van der Waals surface area (Å²) in [7, 11) is 0. The lowest BCUT2D eigenvalue weighted by Gasteiger charge is -2.14. The molecule has 0 saturated heterocycles. The number of fused-ring (bicyclic) bond motifs is 1. The molecule has 3 rings (SSSR count). The van der Waals surface area contributed by atoms with E-state index in [0.717, 1.165) is 17.9 Å². The Morgan fingerprint density at radius 2 is 1.87 bits per heavy atom. The maximum Gasteiger partial charge on any atom is 0.254 e. The summed E-state index contributed by atoms with van der Waals surface area (Å²) in [6.45, 7) is 4.52. The van der Waals surface area contributed by atoms with E-state index < -0.39 is 11.7 Å². The second-order valence-corrected chi connectivity index (χ2v) is 6.33. The second kappa shape index (κ2) is 12.2. The highest BCUT2D eigenvalue weighted by molar-refractivity contribution is 14.0. The highest BCUT2D eigenvalue weighted by atomic mass is 127. The summed E-state index contributed by atoms with van der Waals surface area (Å²) in [5, 5.41) is 9.03. The fraction of sp³-hybridized carbons (Fsp3) is 0.333. The van der Waals surface area contributed by atoms with Gasteiger partial charge in [0.05, 0.1) is 25.3 Å². The molecule has 0 radical (unpaired) electrons. The number of aliphatic imine (C=N–C) groups is 1. The van der Waals surface area contributed by atoms with Crippen molar-refractivity contribution in [1.82, 2.24) is 10.6 Å². The van der Waals surface area contributed by atoms with Crippen LogP contribution >= 0.6 is 24.0 Å². The van der Waals surface area contributed by atoms with Crippen molar-refractivity contribution < 1.29 is 18.7 Å². The van der Waals surface area contributed by atoms with Crippen molar-refractivity contribution in [2.45, 2.75) is 13.3 Å². The normalized spacial score (nSPS) is 12.9. The zero-order valence-electron chi connectivity index (χ0n) is 16.7. The van der Waals surface area contributed by atoms with Gasteiger partial charge in [0.25, 0.3) is 5.91 Å². The Hall–Kier alpha value is -2.56. The summed E-state index contributed by atoms with van der Waals surface area (Å²) in [5.41, 5.74) is 0.832. The number of rotatable bonds is 6. The van der Waals surface area contributed by atoms with E-state index in [9.17, 15) is 9.18 Å². The van der Waals surface area contributed by atoms with E-state index >= 15 is 0 Å². The summed E-state index contributed by atoms with van der Waals surface area (Å²) in [5.74, 6) is 0.991. The minimum absolute atomic E-state index is 0. The monoisotopic (exact) mass is 528 g/mol. The molecular weight excluding hydrogens is 502 g/mol. The van der Waals surface area contributed by atoms with Crippen LogP contribution in [0.4, 0.5) is 10.1 Å². The smallest absolute Gasteiger partial charge is 0.254 e. The van der Waals surface area contributed by atoms with Crippen molar-refractivity contribution in [2.24, 2.45) is 4.99 Å². The average Bonchev–Trinajstić information content (AvgIpc) is 2.96. The zero-order valence-corrected chi connectivity index (χ0v) is 19.1. The van der Waals surface area contributed by atoms with Crippen LogP contribution in [0.5, 0.6) is 11.5 Å². The summed E-state index contributed by atoms with van der Waals surface area (Å²) in [6, 6.07) is 11.5. The molecular formula is C21H26FIN4O3. The number of benzene rings is 2. The first-order valence-electron chi connectivity index (χ1n) is 9.65. The van der Waals surface area contributed by atoms with Crippen molar-refractivity contribution in [3.8, 4) is 11.5 Å². The maximum atomic E-state index is 13.6. The molecule has 1 aliphatic rings. The van der Waals surface area contributed by atoms with Gasteiger partial charge in [-0.3, -0.25) is 9.79 Å². The van der Waals surface area contributed by atoms with Crippen LogP contribution in [0.2, 0.25) is 0 Å². The SMILES string of the molecule is CCNC(=NCCNC(=O)c1ccccc1F)Nc1ccc2c(c1)OCCCO2.I. The van der Waals surface area contributed by atoms with E-state index in [-0.39, 0.29) is 36.1 Å². The number of nitrogens with zero attached hydrogens (tertiary/aromatic N) is 1. The molecule has 30 heavy (non-hydrogen) atoms. The fourth-order valence-electron chi connectivity index (χ4n) is 2.76. The first kappa shape index (κ1) is 23.7. The number of guanidine groups is 1. The topological polar surface area (TPSA) is 84.0 Å². The first-order chi connectivity index (χ1) is 14.2. The molecule has 2 aromatic rings. The average molecular weight is 528 g/mol. The van der Waals surface area contributed by atoms with E-state index in [4.69, 9.17) is 9.47 Å². The molecule has 0 atom stereocenters. The van der Waals surface area contributed by atoms with Gasteiger partial charge in [-0.15, -0.1) is 24.0 Å². The van der Waals surface area contributed by atoms with E-state index in [1.807, 2.05) is 25.1 Å². The lowest BCUT2D eigenvalue weighted by atomic mass is 10.2. The van der Waals surface area contributed by atoms with E-state index in [0.29, 0.717) is 38.0 Å². The van der Waals surface area contributed by atoms with Gasteiger partial charge in [0.15, 0.2) is 17.5 Å². The number of ether oxygens (including phenoxy) is 2. The van der Waals surface area contributed by atoms with Crippen molar-refractivity contribution in [3.63, 3.8) is 0 Å².